The first-order valence-corrected chi connectivity index (χ1v) is 5.90. The van der Waals surface area contributed by atoms with E-state index in [1.807, 2.05) is 0 Å². The van der Waals surface area contributed by atoms with Crippen molar-refractivity contribution in [1.82, 2.24) is 20.5 Å². The molecule has 0 aliphatic carbocycles. The summed E-state index contributed by atoms with van der Waals surface area (Å²) in [6.45, 7) is 4.94. The van der Waals surface area contributed by atoms with Crippen molar-refractivity contribution in [2.45, 2.75) is 26.3 Å². The number of aromatic nitrogens is 3. The number of hydrogen-bond donors (Lipinski definition) is 2. The van der Waals surface area contributed by atoms with E-state index < -0.39 is 0 Å². The third kappa shape index (κ3) is 3.27. The Balaban J connectivity index is 2.04. The average Bonchev–Trinajstić information content (AvgIpc) is 2.77. The van der Waals surface area contributed by atoms with Crippen LogP contribution in [0, 0.1) is 0 Å². The van der Waals surface area contributed by atoms with Crippen LogP contribution in [-0.4, -0.2) is 27.8 Å². The van der Waals surface area contributed by atoms with Crippen LogP contribution in [0.2, 0.25) is 0 Å². The molecule has 0 radical (unpaired) electrons. The highest BCUT2D eigenvalue weighted by Gasteiger charge is 2.08. The minimum absolute atomic E-state index is 0.186. The number of H-pyrrole nitrogens is 1. The molecule has 0 saturated carbocycles. The Kier molecular flexibility index (Phi) is 3.88. The normalized spacial score (nSPS) is 11.1. The van der Waals surface area contributed by atoms with E-state index in [4.69, 9.17) is 4.42 Å². The summed E-state index contributed by atoms with van der Waals surface area (Å²) in [4.78, 5) is 13.7. The van der Waals surface area contributed by atoms with Crippen molar-refractivity contribution < 1.29 is 4.42 Å². The third-order valence-electron chi connectivity index (χ3n) is 2.38. The van der Waals surface area contributed by atoms with E-state index in [1.165, 1.54) is 6.07 Å². The fraction of sp³-hybridized carbons (Fsp3) is 0.417. The quantitative estimate of drug-likeness (QED) is 0.823. The van der Waals surface area contributed by atoms with Crippen molar-refractivity contribution in [3.8, 4) is 11.5 Å². The predicted octanol–water partition coefficient (Wildman–Crippen LogP) is 0.965. The van der Waals surface area contributed by atoms with Crippen LogP contribution in [0.15, 0.2) is 27.5 Å². The maximum absolute atomic E-state index is 11.2. The van der Waals surface area contributed by atoms with Gasteiger partial charge in [0.05, 0.1) is 0 Å². The van der Waals surface area contributed by atoms with Gasteiger partial charge in [-0.2, -0.15) is 0 Å². The molecule has 0 amide bonds. The maximum atomic E-state index is 11.2. The summed E-state index contributed by atoms with van der Waals surface area (Å²) in [6.07, 6.45) is 2.23. The van der Waals surface area contributed by atoms with Crippen molar-refractivity contribution in [1.29, 1.82) is 0 Å². The second kappa shape index (κ2) is 5.59. The number of pyridine rings is 1. The smallest absolute Gasteiger partial charge is 0.248 e. The Morgan fingerprint density at radius 3 is 3.00 bits per heavy atom. The van der Waals surface area contributed by atoms with E-state index in [2.05, 4.69) is 34.3 Å². The molecule has 0 aliphatic rings. The number of hydrogen-bond acceptors (Lipinski definition) is 5. The second-order valence-corrected chi connectivity index (χ2v) is 4.30. The molecule has 2 aromatic heterocycles. The van der Waals surface area contributed by atoms with Crippen LogP contribution < -0.4 is 10.9 Å². The molecule has 2 rings (SSSR count). The summed E-state index contributed by atoms with van der Waals surface area (Å²) in [5, 5.41) is 11.1. The van der Waals surface area contributed by atoms with Crippen LogP contribution in [0.1, 0.15) is 19.7 Å². The van der Waals surface area contributed by atoms with E-state index in [9.17, 15) is 4.79 Å². The Hall–Kier alpha value is -1.95. The van der Waals surface area contributed by atoms with E-state index in [0.717, 1.165) is 6.54 Å². The maximum Gasteiger partial charge on any atom is 0.248 e. The molecule has 0 atom stereocenters. The predicted molar refractivity (Wildman–Crippen MR) is 67.2 cm³/mol. The number of nitrogens with one attached hydrogen (secondary N) is 2. The summed E-state index contributed by atoms with van der Waals surface area (Å²) in [6, 6.07) is 3.59. The lowest BCUT2D eigenvalue weighted by Crippen LogP contribution is -2.25. The lowest BCUT2D eigenvalue weighted by Gasteiger charge is -2.04. The molecule has 0 unspecified atom stereocenters. The highest BCUT2D eigenvalue weighted by atomic mass is 16.4. The largest absolute Gasteiger partial charge is 0.421 e. The molecule has 18 heavy (non-hydrogen) atoms. The van der Waals surface area contributed by atoms with Crippen LogP contribution in [0.5, 0.6) is 0 Å². The van der Waals surface area contributed by atoms with E-state index in [-0.39, 0.29) is 5.56 Å². The van der Waals surface area contributed by atoms with Gasteiger partial charge in [0.1, 0.15) is 0 Å². The minimum atomic E-state index is -0.186. The first-order chi connectivity index (χ1) is 8.65. The topological polar surface area (TPSA) is 83.8 Å². The molecule has 0 aromatic carbocycles. The zero-order chi connectivity index (χ0) is 13.0. The van der Waals surface area contributed by atoms with Crippen LogP contribution in [0.3, 0.4) is 0 Å². The van der Waals surface area contributed by atoms with Gasteiger partial charge in [0, 0.05) is 36.8 Å². The zero-order valence-electron chi connectivity index (χ0n) is 10.4. The molecule has 0 bridgehead atoms. The molecular weight excluding hydrogens is 232 g/mol. The minimum Gasteiger partial charge on any atom is -0.421 e. The molecule has 0 spiro atoms. The van der Waals surface area contributed by atoms with Crippen LogP contribution >= 0.6 is 0 Å². The molecular formula is C12H16N4O2. The first-order valence-electron chi connectivity index (χ1n) is 5.90. The van der Waals surface area contributed by atoms with Gasteiger partial charge in [-0.3, -0.25) is 4.79 Å². The van der Waals surface area contributed by atoms with Crippen LogP contribution in [-0.2, 0) is 6.42 Å². The highest BCUT2D eigenvalue weighted by Crippen LogP contribution is 2.14. The van der Waals surface area contributed by atoms with Gasteiger partial charge in [-0.25, -0.2) is 0 Å². The standard InChI is InChI=1S/C12H16N4O2/c1-8(2)13-6-4-11-15-16-12(18-11)9-3-5-14-10(17)7-9/h3,5,7-8,13H,4,6H2,1-2H3,(H,14,17). The van der Waals surface area contributed by atoms with Crippen molar-refractivity contribution in [3.05, 3.63) is 34.6 Å². The number of nitrogens with zero attached hydrogens (tertiary/aromatic N) is 2. The zero-order valence-corrected chi connectivity index (χ0v) is 10.4. The molecule has 6 nitrogen and oxygen atoms in total. The second-order valence-electron chi connectivity index (χ2n) is 4.30. The van der Waals surface area contributed by atoms with Gasteiger partial charge in [-0.05, 0) is 6.07 Å². The van der Waals surface area contributed by atoms with Crippen molar-refractivity contribution in [2.75, 3.05) is 6.54 Å². The summed E-state index contributed by atoms with van der Waals surface area (Å²) in [7, 11) is 0. The molecule has 0 aliphatic heterocycles. The average molecular weight is 248 g/mol. The lowest BCUT2D eigenvalue weighted by atomic mass is 10.3. The fourth-order valence-electron chi connectivity index (χ4n) is 1.52. The summed E-state index contributed by atoms with van der Waals surface area (Å²) in [5.74, 6) is 0.944. The highest BCUT2D eigenvalue weighted by molar-refractivity contribution is 5.50. The Morgan fingerprint density at radius 2 is 2.28 bits per heavy atom. The van der Waals surface area contributed by atoms with Crippen LogP contribution in [0.25, 0.3) is 11.5 Å². The van der Waals surface area contributed by atoms with Gasteiger partial charge in [0.25, 0.3) is 0 Å². The fourth-order valence-corrected chi connectivity index (χ4v) is 1.52. The molecule has 6 heteroatoms. The molecule has 96 valence electrons. The summed E-state index contributed by atoms with van der Waals surface area (Å²) >= 11 is 0. The van der Waals surface area contributed by atoms with Crippen molar-refractivity contribution in [3.63, 3.8) is 0 Å². The Labute approximate surface area is 104 Å². The van der Waals surface area contributed by atoms with Crippen molar-refractivity contribution in [2.24, 2.45) is 0 Å². The van der Waals surface area contributed by atoms with E-state index in [0.29, 0.717) is 29.8 Å². The van der Waals surface area contributed by atoms with Gasteiger partial charge in [0.2, 0.25) is 17.3 Å². The molecule has 0 fully saturated rings. The number of aromatic amines is 1. The monoisotopic (exact) mass is 248 g/mol. The number of rotatable bonds is 5. The lowest BCUT2D eigenvalue weighted by molar-refractivity contribution is 0.484. The van der Waals surface area contributed by atoms with Gasteiger partial charge in [-0.15, -0.1) is 10.2 Å². The van der Waals surface area contributed by atoms with Gasteiger partial charge < -0.3 is 14.7 Å². The first kappa shape index (κ1) is 12.5. The Bertz CT molecular complexity index is 559. The van der Waals surface area contributed by atoms with Crippen molar-refractivity contribution >= 4 is 0 Å². The van der Waals surface area contributed by atoms with E-state index >= 15 is 0 Å². The summed E-state index contributed by atoms with van der Waals surface area (Å²) < 4.78 is 5.49. The molecule has 2 aromatic rings. The molecule has 2 N–H and O–H groups in total. The van der Waals surface area contributed by atoms with Crippen LogP contribution in [0.4, 0.5) is 0 Å². The third-order valence-corrected chi connectivity index (χ3v) is 2.38. The van der Waals surface area contributed by atoms with Gasteiger partial charge in [0.15, 0.2) is 0 Å². The SMILES string of the molecule is CC(C)NCCc1nnc(-c2cc[nH]c(=O)c2)o1. The van der Waals surface area contributed by atoms with Gasteiger partial charge in [-0.1, -0.05) is 13.8 Å². The summed E-state index contributed by atoms with van der Waals surface area (Å²) in [5.41, 5.74) is 0.447. The molecule has 2 heterocycles. The Morgan fingerprint density at radius 1 is 1.44 bits per heavy atom. The van der Waals surface area contributed by atoms with E-state index in [1.54, 1.807) is 12.3 Å². The molecule has 0 saturated heterocycles. The van der Waals surface area contributed by atoms with Gasteiger partial charge >= 0.3 is 0 Å².